The molecule has 0 radical (unpaired) electrons. The number of hydrogen-bond acceptors (Lipinski definition) is 3. The first-order valence-corrected chi connectivity index (χ1v) is 5.90. The van der Waals surface area contributed by atoms with Gasteiger partial charge in [0.25, 0.3) is 5.91 Å². The molecule has 1 aliphatic rings. The molecule has 100 valence electrons. The van der Waals surface area contributed by atoms with Crippen molar-refractivity contribution in [3.63, 3.8) is 0 Å². The van der Waals surface area contributed by atoms with E-state index >= 15 is 0 Å². The summed E-state index contributed by atoms with van der Waals surface area (Å²) >= 11 is 0. The van der Waals surface area contributed by atoms with E-state index in [-0.39, 0.29) is 24.4 Å². The first-order valence-electron chi connectivity index (χ1n) is 5.90. The Bertz CT molecular complexity index is 249. The highest BCUT2D eigenvalue weighted by molar-refractivity contribution is 5.85. The number of nitrogens with zero attached hydrogens (tertiary/aromatic N) is 1. The zero-order chi connectivity index (χ0) is 12.0. The number of rotatable bonds is 6. The summed E-state index contributed by atoms with van der Waals surface area (Å²) in [5, 5.41) is 0. The van der Waals surface area contributed by atoms with Crippen LogP contribution in [0.2, 0.25) is 0 Å². The number of carbonyl (C=O) groups excluding carboxylic acids is 1. The van der Waals surface area contributed by atoms with Gasteiger partial charge in [0, 0.05) is 13.1 Å². The van der Waals surface area contributed by atoms with Crippen molar-refractivity contribution in [2.45, 2.75) is 25.9 Å². The lowest BCUT2D eigenvalue weighted by atomic mass is 10.1. The van der Waals surface area contributed by atoms with Gasteiger partial charge in [0.15, 0.2) is 0 Å². The van der Waals surface area contributed by atoms with Crippen molar-refractivity contribution in [3.8, 4) is 0 Å². The van der Waals surface area contributed by atoms with Crippen molar-refractivity contribution in [2.75, 3.05) is 26.2 Å². The molecule has 0 aromatic carbocycles. The maximum atomic E-state index is 11.9. The van der Waals surface area contributed by atoms with Gasteiger partial charge >= 0.3 is 0 Å². The molecule has 2 N–H and O–H groups in total. The minimum atomic E-state index is -0.350. The van der Waals surface area contributed by atoms with E-state index in [1.54, 1.807) is 13.0 Å². The number of likely N-dealkylation sites (tertiary alicyclic amines) is 1. The minimum absolute atomic E-state index is 0. The molecule has 1 heterocycles. The van der Waals surface area contributed by atoms with Crippen LogP contribution in [0.25, 0.3) is 0 Å². The lowest BCUT2D eigenvalue weighted by Gasteiger charge is -2.21. The van der Waals surface area contributed by atoms with Gasteiger partial charge in [-0.2, -0.15) is 0 Å². The fourth-order valence-electron chi connectivity index (χ4n) is 1.88. The average molecular weight is 263 g/mol. The van der Waals surface area contributed by atoms with Gasteiger partial charge in [0.1, 0.15) is 6.10 Å². The van der Waals surface area contributed by atoms with Crippen LogP contribution in [0.1, 0.15) is 19.8 Å². The third-order valence-electron chi connectivity index (χ3n) is 2.97. The van der Waals surface area contributed by atoms with E-state index in [1.165, 1.54) is 0 Å². The third kappa shape index (κ3) is 5.06. The highest BCUT2D eigenvalue weighted by Gasteiger charge is 2.28. The molecule has 0 saturated carbocycles. The molecule has 1 rings (SSSR count). The lowest BCUT2D eigenvalue weighted by Crippen LogP contribution is -2.38. The Hall–Kier alpha value is -0.580. The molecule has 0 spiro atoms. The first kappa shape index (κ1) is 16.4. The maximum Gasteiger partial charge on any atom is 0.251 e. The molecule has 1 saturated heterocycles. The van der Waals surface area contributed by atoms with Gasteiger partial charge in [-0.25, -0.2) is 0 Å². The Morgan fingerprint density at radius 2 is 2.41 bits per heavy atom. The summed E-state index contributed by atoms with van der Waals surface area (Å²) in [7, 11) is 0. The largest absolute Gasteiger partial charge is 0.368 e. The van der Waals surface area contributed by atoms with Crippen molar-refractivity contribution in [1.29, 1.82) is 0 Å². The summed E-state index contributed by atoms with van der Waals surface area (Å²) < 4.78 is 5.43. The van der Waals surface area contributed by atoms with E-state index in [2.05, 4.69) is 6.58 Å². The van der Waals surface area contributed by atoms with Crippen LogP contribution < -0.4 is 5.73 Å². The molecule has 2 atom stereocenters. The third-order valence-corrected chi connectivity index (χ3v) is 2.97. The monoisotopic (exact) mass is 262 g/mol. The van der Waals surface area contributed by atoms with Crippen molar-refractivity contribution in [2.24, 2.45) is 11.7 Å². The van der Waals surface area contributed by atoms with E-state index in [1.807, 2.05) is 4.90 Å². The number of nitrogens with two attached hydrogens (primary N) is 1. The quantitative estimate of drug-likeness (QED) is 0.578. The SMILES string of the molecule is C=CCCOC(C)C(=O)N1CCC(CN)C1.Cl. The van der Waals surface area contributed by atoms with E-state index < -0.39 is 0 Å². The van der Waals surface area contributed by atoms with Crippen LogP contribution in [0.3, 0.4) is 0 Å². The molecule has 5 heteroatoms. The topological polar surface area (TPSA) is 55.6 Å². The van der Waals surface area contributed by atoms with Crippen LogP contribution in [-0.2, 0) is 9.53 Å². The Balaban J connectivity index is 0.00000256. The zero-order valence-corrected chi connectivity index (χ0v) is 11.2. The molecule has 0 bridgehead atoms. The van der Waals surface area contributed by atoms with Crippen LogP contribution in [0.15, 0.2) is 12.7 Å². The summed E-state index contributed by atoms with van der Waals surface area (Å²) in [6.45, 7) is 8.24. The van der Waals surface area contributed by atoms with E-state index in [0.29, 0.717) is 19.1 Å². The van der Waals surface area contributed by atoms with Crippen molar-refractivity contribution in [1.82, 2.24) is 4.90 Å². The number of ether oxygens (including phenoxy) is 1. The molecule has 2 unspecified atom stereocenters. The van der Waals surface area contributed by atoms with Gasteiger partial charge in [-0.05, 0) is 32.2 Å². The Kier molecular flexibility index (Phi) is 8.21. The fraction of sp³-hybridized carbons (Fsp3) is 0.750. The molecular weight excluding hydrogens is 240 g/mol. The number of amides is 1. The second-order valence-electron chi connectivity index (χ2n) is 4.27. The zero-order valence-electron chi connectivity index (χ0n) is 10.4. The molecule has 0 aromatic rings. The first-order chi connectivity index (χ1) is 7.69. The molecule has 1 fully saturated rings. The Morgan fingerprint density at radius 1 is 1.71 bits per heavy atom. The molecule has 0 aromatic heterocycles. The highest BCUT2D eigenvalue weighted by Crippen LogP contribution is 2.16. The van der Waals surface area contributed by atoms with Gasteiger partial charge in [-0.1, -0.05) is 6.08 Å². The smallest absolute Gasteiger partial charge is 0.251 e. The molecule has 1 aliphatic heterocycles. The van der Waals surface area contributed by atoms with Gasteiger partial charge < -0.3 is 15.4 Å². The van der Waals surface area contributed by atoms with Crippen LogP contribution in [0.5, 0.6) is 0 Å². The second kappa shape index (κ2) is 8.50. The lowest BCUT2D eigenvalue weighted by molar-refractivity contribution is -0.141. The fourth-order valence-corrected chi connectivity index (χ4v) is 1.88. The van der Waals surface area contributed by atoms with Crippen LogP contribution in [0.4, 0.5) is 0 Å². The highest BCUT2D eigenvalue weighted by atomic mass is 35.5. The predicted octanol–water partition coefficient (Wildman–Crippen LogP) is 1.20. The van der Waals surface area contributed by atoms with Crippen molar-refractivity contribution in [3.05, 3.63) is 12.7 Å². The van der Waals surface area contributed by atoms with Crippen molar-refractivity contribution < 1.29 is 9.53 Å². The normalized spacial score (nSPS) is 20.8. The van der Waals surface area contributed by atoms with Crippen LogP contribution >= 0.6 is 12.4 Å². The number of halogens is 1. The van der Waals surface area contributed by atoms with Gasteiger partial charge in [0.2, 0.25) is 0 Å². The summed E-state index contributed by atoms with van der Waals surface area (Å²) in [5.74, 6) is 0.546. The molecule has 17 heavy (non-hydrogen) atoms. The number of carbonyl (C=O) groups is 1. The molecule has 4 nitrogen and oxygen atoms in total. The Labute approximate surface area is 110 Å². The summed E-state index contributed by atoms with van der Waals surface area (Å²) in [5.41, 5.74) is 5.59. The maximum absolute atomic E-state index is 11.9. The van der Waals surface area contributed by atoms with E-state index in [9.17, 15) is 4.79 Å². The standard InChI is InChI=1S/C12H22N2O2.ClH/c1-3-4-7-16-10(2)12(15)14-6-5-11(8-13)9-14;/h3,10-11H,1,4-9,13H2,2H3;1H. The van der Waals surface area contributed by atoms with Crippen LogP contribution in [0, 0.1) is 5.92 Å². The van der Waals surface area contributed by atoms with E-state index in [0.717, 1.165) is 25.9 Å². The predicted molar refractivity (Wildman–Crippen MR) is 71.2 cm³/mol. The summed E-state index contributed by atoms with van der Waals surface area (Å²) in [6.07, 6.45) is 3.23. The number of hydrogen-bond donors (Lipinski definition) is 1. The Morgan fingerprint density at radius 3 is 2.94 bits per heavy atom. The molecular formula is C12H23ClN2O2. The second-order valence-corrected chi connectivity index (χ2v) is 4.27. The minimum Gasteiger partial charge on any atom is -0.368 e. The van der Waals surface area contributed by atoms with Crippen molar-refractivity contribution >= 4 is 18.3 Å². The van der Waals surface area contributed by atoms with Crippen LogP contribution in [-0.4, -0.2) is 43.2 Å². The van der Waals surface area contributed by atoms with Gasteiger partial charge in [0.05, 0.1) is 6.61 Å². The van der Waals surface area contributed by atoms with Gasteiger partial charge in [-0.15, -0.1) is 19.0 Å². The summed E-state index contributed by atoms with van der Waals surface area (Å²) in [6, 6.07) is 0. The summed E-state index contributed by atoms with van der Waals surface area (Å²) in [4.78, 5) is 13.8. The average Bonchev–Trinajstić information content (AvgIpc) is 2.76. The van der Waals surface area contributed by atoms with E-state index in [4.69, 9.17) is 10.5 Å². The molecule has 1 amide bonds. The molecule has 0 aliphatic carbocycles. The van der Waals surface area contributed by atoms with Gasteiger partial charge in [-0.3, -0.25) is 4.79 Å².